The number of nitrogens with one attached hydrogen (secondary N) is 2. The SMILES string of the molecule is Cc1cncc(C(=O)NC(C)c2nn[nH]n2)c1. The molecular formula is C10H12N6O. The number of aromatic nitrogens is 5. The van der Waals surface area contributed by atoms with Gasteiger partial charge in [-0.15, -0.1) is 10.2 Å². The zero-order valence-electron chi connectivity index (χ0n) is 9.51. The van der Waals surface area contributed by atoms with Crippen molar-refractivity contribution in [3.05, 3.63) is 35.4 Å². The summed E-state index contributed by atoms with van der Waals surface area (Å²) in [5, 5.41) is 16.1. The van der Waals surface area contributed by atoms with Crippen molar-refractivity contribution in [2.24, 2.45) is 0 Å². The molecule has 7 heteroatoms. The summed E-state index contributed by atoms with van der Waals surface area (Å²) in [5.41, 5.74) is 1.45. The van der Waals surface area contributed by atoms with Crippen molar-refractivity contribution in [3.63, 3.8) is 0 Å². The first-order chi connectivity index (χ1) is 8.16. The number of carbonyl (C=O) groups excluding carboxylic acids is 1. The smallest absolute Gasteiger partial charge is 0.253 e. The van der Waals surface area contributed by atoms with Crippen LogP contribution in [-0.4, -0.2) is 31.5 Å². The van der Waals surface area contributed by atoms with Crippen LogP contribution in [0.15, 0.2) is 18.5 Å². The lowest BCUT2D eigenvalue weighted by Crippen LogP contribution is -2.27. The lowest BCUT2D eigenvalue weighted by Gasteiger charge is -2.09. The van der Waals surface area contributed by atoms with Crippen LogP contribution in [0.1, 0.15) is 34.7 Å². The summed E-state index contributed by atoms with van der Waals surface area (Å²) >= 11 is 0. The molecule has 0 saturated heterocycles. The third-order valence-corrected chi connectivity index (χ3v) is 2.23. The van der Waals surface area contributed by atoms with Crippen LogP contribution in [0.2, 0.25) is 0 Å². The number of amides is 1. The van der Waals surface area contributed by atoms with Gasteiger partial charge in [0.05, 0.1) is 11.6 Å². The van der Waals surface area contributed by atoms with Crippen LogP contribution < -0.4 is 5.32 Å². The third-order valence-electron chi connectivity index (χ3n) is 2.23. The monoisotopic (exact) mass is 232 g/mol. The van der Waals surface area contributed by atoms with Gasteiger partial charge in [-0.05, 0) is 25.5 Å². The number of carbonyl (C=O) groups is 1. The summed E-state index contributed by atoms with van der Waals surface area (Å²) in [7, 11) is 0. The van der Waals surface area contributed by atoms with E-state index in [1.165, 1.54) is 6.20 Å². The predicted molar refractivity (Wildman–Crippen MR) is 59.0 cm³/mol. The number of hydrogen-bond acceptors (Lipinski definition) is 5. The molecule has 1 atom stereocenters. The van der Waals surface area contributed by atoms with E-state index < -0.39 is 0 Å². The number of tetrazole rings is 1. The van der Waals surface area contributed by atoms with Crippen molar-refractivity contribution < 1.29 is 4.79 Å². The van der Waals surface area contributed by atoms with Gasteiger partial charge in [-0.3, -0.25) is 9.78 Å². The molecule has 0 aliphatic heterocycles. The molecule has 1 amide bonds. The van der Waals surface area contributed by atoms with E-state index in [2.05, 4.69) is 30.9 Å². The number of nitrogens with zero attached hydrogens (tertiary/aromatic N) is 4. The second-order valence-corrected chi connectivity index (χ2v) is 3.72. The van der Waals surface area contributed by atoms with Gasteiger partial charge in [0.25, 0.3) is 5.91 Å². The second kappa shape index (κ2) is 4.69. The molecule has 0 aliphatic carbocycles. The fraction of sp³-hybridized carbons (Fsp3) is 0.300. The van der Waals surface area contributed by atoms with Crippen LogP contribution in [0.25, 0.3) is 0 Å². The molecular weight excluding hydrogens is 220 g/mol. The van der Waals surface area contributed by atoms with E-state index in [9.17, 15) is 4.79 Å². The summed E-state index contributed by atoms with van der Waals surface area (Å²) < 4.78 is 0. The van der Waals surface area contributed by atoms with Crippen molar-refractivity contribution in [2.75, 3.05) is 0 Å². The number of hydrogen-bond donors (Lipinski definition) is 2. The van der Waals surface area contributed by atoms with Crippen molar-refractivity contribution >= 4 is 5.91 Å². The molecule has 2 N–H and O–H groups in total. The van der Waals surface area contributed by atoms with Gasteiger partial charge in [0, 0.05) is 12.4 Å². The quantitative estimate of drug-likeness (QED) is 0.798. The summed E-state index contributed by atoms with van der Waals surface area (Å²) in [5.74, 6) is 0.234. The molecule has 0 radical (unpaired) electrons. The van der Waals surface area contributed by atoms with E-state index in [1.807, 2.05) is 6.92 Å². The topological polar surface area (TPSA) is 96.5 Å². The second-order valence-electron chi connectivity index (χ2n) is 3.72. The average molecular weight is 232 g/mol. The zero-order chi connectivity index (χ0) is 12.3. The van der Waals surface area contributed by atoms with Crippen molar-refractivity contribution in [1.29, 1.82) is 0 Å². The Morgan fingerprint density at radius 3 is 2.94 bits per heavy atom. The Morgan fingerprint density at radius 1 is 1.47 bits per heavy atom. The Morgan fingerprint density at radius 2 is 2.29 bits per heavy atom. The first-order valence-corrected chi connectivity index (χ1v) is 5.12. The highest BCUT2D eigenvalue weighted by Gasteiger charge is 2.14. The van der Waals surface area contributed by atoms with E-state index in [4.69, 9.17) is 0 Å². The maximum absolute atomic E-state index is 11.9. The maximum atomic E-state index is 11.9. The Kier molecular flexibility index (Phi) is 3.08. The predicted octanol–water partition coefficient (Wildman–Crippen LogP) is 0.394. The number of aryl methyl sites for hydroxylation is 1. The number of H-pyrrole nitrogens is 1. The van der Waals surface area contributed by atoms with E-state index in [1.54, 1.807) is 19.2 Å². The van der Waals surface area contributed by atoms with Gasteiger partial charge in [-0.2, -0.15) is 5.21 Å². The van der Waals surface area contributed by atoms with Crippen LogP contribution in [0.3, 0.4) is 0 Å². The van der Waals surface area contributed by atoms with Crippen LogP contribution in [0.4, 0.5) is 0 Å². The molecule has 0 fully saturated rings. The first kappa shape index (κ1) is 11.2. The summed E-state index contributed by atoms with van der Waals surface area (Å²) in [4.78, 5) is 15.8. The molecule has 2 aromatic heterocycles. The van der Waals surface area contributed by atoms with Gasteiger partial charge >= 0.3 is 0 Å². The van der Waals surface area contributed by atoms with Gasteiger partial charge in [-0.25, -0.2) is 0 Å². The molecule has 0 aliphatic rings. The number of rotatable bonds is 3. The Hall–Kier alpha value is -2.31. The van der Waals surface area contributed by atoms with E-state index >= 15 is 0 Å². The lowest BCUT2D eigenvalue weighted by molar-refractivity contribution is 0.0938. The largest absolute Gasteiger partial charge is 0.342 e. The zero-order valence-corrected chi connectivity index (χ0v) is 9.51. The van der Waals surface area contributed by atoms with Crippen LogP contribution in [0.5, 0.6) is 0 Å². The molecule has 0 aromatic carbocycles. The van der Waals surface area contributed by atoms with Gasteiger partial charge in [0.1, 0.15) is 0 Å². The highest BCUT2D eigenvalue weighted by atomic mass is 16.1. The summed E-state index contributed by atoms with van der Waals surface area (Å²) in [6.45, 7) is 3.67. The molecule has 0 saturated carbocycles. The summed E-state index contributed by atoms with van der Waals surface area (Å²) in [6, 6.07) is 1.47. The van der Waals surface area contributed by atoms with Gasteiger partial charge in [0.15, 0.2) is 5.82 Å². The summed E-state index contributed by atoms with van der Waals surface area (Å²) in [6.07, 6.45) is 3.21. The van der Waals surface area contributed by atoms with E-state index in [-0.39, 0.29) is 11.9 Å². The van der Waals surface area contributed by atoms with E-state index in [0.717, 1.165) is 5.56 Å². The Bertz CT molecular complexity index is 509. The Labute approximate surface area is 97.7 Å². The molecule has 2 heterocycles. The molecule has 17 heavy (non-hydrogen) atoms. The van der Waals surface area contributed by atoms with Gasteiger partial charge in [-0.1, -0.05) is 5.21 Å². The van der Waals surface area contributed by atoms with Crippen LogP contribution >= 0.6 is 0 Å². The molecule has 0 bridgehead atoms. The van der Waals surface area contributed by atoms with Gasteiger partial charge in [0.2, 0.25) is 0 Å². The third kappa shape index (κ3) is 2.63. The minimum atomic E-state index is -0.304. The minimum Gasteiger partial charge on any atom is -0.342 e. The Balaban J connectivity index is 2.07. The van der Waals surface area contributed by atoms with Crippen LogP contribution in [-0.2, 0) is 0 Å². The highest BCUT2D eigenvalue weighted by Crippen LogP contribution is 2.06. The van der Waals surface area contributed by atoms with Crippen molar-refractivity contribution in [1.82, 2.24) is 30.9 Å². The molecule has 88 valence electrons. The molecule has 0 spiro atoms. The first-order valence-electron chi connectivity index (χ1n) is 5.12. The molecule has 2 rings (SSSR count). The van der Waals surface area contributed by atoms with Gasteiger partial charge < -0.3 is 5.32 Å². The standard InChI is InChI=1S/C10H12N6O/c1-6-3-8(5-11-4-6)10(17)12-7(2)9-13-15-16-14-9/h3-5,7H,1-2H3,(H,12,17)(H,13,14,15,16). The number of pyridine rings is 1. The maximum Gasteiger partial charge on any atom is 0.253 e. The lowest BCUT2D eigenvalue weighted by atomic mass is 10.2. The van der Waals surface area contributed by atoms with Crippen LogP contribution in [0, 0.1) is 6.92 Å². The van der Waals surface area contributed by atoms with Crippen molar-refractivity contribution in [2.45, 2.75) is 19.9 Å². The number of aromatic amines is 1. The fourth-order valence-corrected chi connectivity index (χ4v) is 1.38. The molecule has 1 unspecified atom stereocenters. The highest BCUT2D eigenvalue weighted by molar-refractivity contribution is 5.94. The normalized spacial score (nSPS) is 12.1. The molecule has 2 aromatic rings. The van der Waals surface area contributed by atoms with Crippen molar-refractivity contribution in [3.8, 4) is 0 Å². The fourth-order valence-electron chi connectivity index (χ4n) is 1.38. The minimum absolute atomic E-state index is 0.210. The van der Waals surface area contributed by atoms with E-state index in [0.29, 0.717) is 11.4 Å². The average Bonchev–Trinajstić information content (AvgIpc) is 2.82. The molecule has 7 nitrogen and oxygen atoms in total.